The van der Waals surface area contributed by atoms with Gasteiger partial charge in [0, 0.05) is 12.2 Å². The van der Waals surface area contributed by atoms with E-state index in [1.54, 1.807) is 13.3 Å². The zero-order valence-electron chi connectivity index (χ0n) is 11.5. The molecular weight excluding hydrogens is 238 g/mol. The Morgan fingerprint density at radius 1 is 1.11 bits per heavy atom. The van der Waals surface area contributed by atoms with Crippen LogP contribution in [0.25, 0.3) is 0 Å². The number of benzene rings is 1. The molecule has 0 aliphatic heterocycles. The molecule has 0 saturated heterocycles. The molecule has 0 bridgehead atoms. The van der Waals surface area contributed by atoms with Crippen molar-refractivity contribution in [3.05, 3.63) is 42.2 Å². The third-order valence-electron chi connectivity index (χ3n) is 2.80. The maximum Gasteiger partial charge on any atom is 0.121 e. The number of ether oxygens (including phenoxy) is 1. The molecule has 0 amide bonds. The number of hydrogen-bond donors (Lipinski definition) is 2. The van der Waals surface area contributed by atoms with Crippen molar-refractivity contribution >= 4 is 17.1 Å². The van der Waals surface area contributed by atoms with Gasteiger partial charge < -0.3 is 15.4 Å². The van der Waals surface area contributed by atoms with E-state index >= 15 is 0 Å². The van der Waals surface area contributed by atoms with Crippen LogP contribution in [0, 0.1) is 6.92 Å². The van der Waals surface area contributed by atoms with Gasteiger partial charge in [-0.15, -0.1) is 0 Å². The van der Waals surface area contributed by atoms with Gasteiger partial charge in [0.15, 0.2) is 0 Å². The molecule has 2 rings (SSSR count). The lowest BCUT2D eigenvalue weighted by atomic mass is 10.2. The van der Waals surface area contributed by atoms with Crippen molar-refractivity contribution in [1.29, 1.82) is 0 Å². The highest BCUT2D eigenvalue weighted by Gasteiger charge is 2.01. The number of aromatic nitrogens is 1. The van der Waals surface area contributed by atoms with Gasteiger partial charge in [-0.25, -0.2) is 0 Å². The zero-order chi connectivity index (χ0) is 13.7. The van der Waals surface area contributed by atoms with E-state index in [1.165, 1.54) is 0 Å². The number of methoxy groups -OCH3 is 1. The van der Waals surface area contributed by atoms with E-state index in [0.29, 0.717) is 0 Å². The second kappa shape index (κ2) is 6.09. The molecular formula is C15H19N3O. The van der Waals surface area contributed by atoms with Crippen molar-refractivity contribution in [1.82, 2.24) is 4.98 Å². The van der Waals surface area contributed by atoms with Gasteiger partial charge in [0.25, 0.3) is 0 Å². The molecule has 4 heteroatoms. The summed E-state index contributed by atoms with van der Waals surface area (Å²) in [6.07, 6.45) is 3.62. The van der Waals surface area contributed by atoms with Crippen LogP contribution in [0.15, 0.2) is 36.7 Å². The van der Waals surface area contributed by atoms with E-state index < -0.39 is 0 Å². The normalized spacial score (nSPS) is 10.1. The van der Waals surface area contributed by atoms with Crippen molar-refractivity contribution in [2.24, 2.45) is 0 Å². The second-order valence-electron chi connectivity index (χ2n) is 4.30. The summed E-state index contributed by atoms with van der Waals surface area (Å²) in [7, 11) is 1.68. The molecule has 0 fully saturated rings. The van der Waals surface area contributed by atoms with E-state index in [4.69, 9.17) is 4.74 Å². The highest BCUT2D eigenvalue weighted by molar-refractivity contribution is 5.64. The summed E-state index contributed by atoms with van der Waals surface area (Å²) in [6.45, 7) is 4.97. The van der Waals surface area contributed by atoms with Crippen LogP contribution in [-0.4, -0.2) is 18.6 Å². The van der Waals surface area contributed by atoms with Crippen molar-refractivity contribution < 1.29 is 4.74 Å². The number of anilines is 3. The summed E-state index contributed by atoms with van der Waals surface area (Å²) in [4.78, 5) is 4.21. The predicted molar refractivity (Wildman–Crippen MR) is 79.4 cm³/mol. The fourth-order valence-corrected chi connectivity index (χ4v) is 1.93. The van der Waals surface area contributed by atoms with Gasteiger partial charge in [0.2, 0.25) is 0 Å². The van der Waals surface area contributed by atoms with Gasteiger partial charge >= 0.3 is 0 Å². The second-order valence-corrected chi connectivity index (χ2v) is 4.30. The topological polar surface area (TPSA) is 46.2 Å². The van der Waals surface area contributed by atoms with Gasteiger partial charge in [0.05, 0.1) is 30.9 Å². The van der Waals surface area contributed by atoms with Crippen molar-refractivity contribution in [3.8, 4) is 5.75 Å². The number of aryl methyl sites for hydroxylation is 1. The Morgan fingerprint density at radius 2 is 1.89 bits per heavy atom. The smallest absolute Gasteiger partial charge is 0.121 e. The number of pyridine rings is 1. The average Bonchev–Trinajstić information content (AvgIpc) is 2.40. The van der Waals surface area contributed by atoms with Crippen LogP contribution in [0.2, 0.25) is 0 Å². The first-order chi connectivity index (χ1) is 9.22. The lowest BCUT2D eigenvalue weighted by Crippen LogP contribution is -1.99. The summed E-state index contributed by atoms with van der Waals surface area (Å²) in [5.41, 5.74) is 4.10. The minimum atomic E-state index is 0.882. The summed E-state index contributed by atoms with van der Waals surface area (Å²) in [6, 6.07) is 8.04. The predicted octanol–water partition coefficient (Wildman–Crippen LogP) is 3.57. The standard InChI is InChI=1S/C15H19N3O/c1-4-17-13-8-14(10-16-9-13)18-12-5-6-15(19-3)11(2)7-12/h5-10,17-18H,4H2,1-3H3. The van der Waals surface area contributed by atoms with Gasteiger partial charge in [-0.2, -0.15) is 0 Å². The van der Waals surface area contributed by atoms with E-state index in [1.807, 2.05) is 31.3 Å². The molecule has 0 aliphatic rings. The quantitative estimate of drug-likeness (QED) is 0.859. The Labute approximate surface area is 113 Å². The van der Waals surface area contributed by atoms with Crippen LogP contribution < -0.4 is 15.4 Å². The van der Waals surface area contributed by atoms with Gasteiger partial charge in [-0.05, 0) is 43.7 Å². The molecule has 100 valence electrons. The van der Waals surface area contributed by atoms with Crippen molar-refractivity contribution in [2.75, 3.05) is 24.3 Å². The minimum Gasteiger partial charge on any atom is -0.496 e. The molecule has 0 radical (unpaired) electrons. The maximum absolute atomic E-state index is 5.25. The van der Waals surface area contributed by atoms with Crippen LogP contribution in [0.1, 0.15) is 12.5 Å². The third kappa shape index (κ3) is 3.37. The van der Waals surface area contributed by atoms with Gasteiger partial charge in [-0.1, -0.05) is 0 Å². The Kier molecular flexibility index (Phi) is 4.23. The van der Waals surface area contributed by atoms with E-state index in [2.05, 4.69) is 28.6 Å². The largest absolute Gasteiger partial charge is 0.496 e. The van der Waals surface area contributed by atoms with E-state index in [9.17, 15) is 0 Å². The summed E-state index contributed by atoms with van der Waals surface area (Å²) in [5.74, 6) is 0.894. The number of nitrogens with zero attached hydrogens (tertiary/aromatic N) is 1. The molecule has 4 nitrogen and oxygen atoms in total. The van der Waals surface area contributed by atoms with Crippen molar-refractivity contribution in [3.63, 3.8) is 0 Å². The monoisotopic (exact) mass is 257 g/mol. The molecule has 19 heavy (non-hydrogen) atoms. The van der Waals surface area contributed by atoms with Crippen LogP contribution in [0.4, 0.5) is 17.1 Å². The SMILES string of the molecule is CCNc1cncc(Nc2ccc(OC)c(C)c2)c1. The lowest BCUT2D eigenvalue weighted by molar-refractivity contribution is 0.412. The van der Waals surface area contributed by atoms with Crippen LogP contribution in [-0.2, 0) is 0 Å². The van der Waals surface area contributed by atoms with Gasteiger partial charge in [0.1, 0.15) is 5.75 Å². The highest BCUT2D eigenvalue weighted by atomic mass is 16.5. The molecule has 0 saturated carbocycles. The first kappa shape index (κ1) is 13.2. The molecule has 2 N–H and O–H groups in total. The van der Waals surface area contributed by atoms with Crippen LogP contribution in [0.5, 0.6) is 5.75 Å². The third-order valence-corrected chi connectivity index (χ3v) is 2.80. The fraction of sp³-hybridized carbons (Fsp3) is 0.267. The van der Waals surface area contributed by atoms with Crippen LogP contribution in [0.3, 0.4) is 0 Å². The summed E-state index contributed by atoms with van der Waals surface area (Å²) >= 11 is 0. The Bertz CT molecular complexity index is 555. The molecule has 0 unspecified atom stereocenters. The number of nitrogens with one attached hydrogen (secondary N) is 2. The Balaban J connectivity index is 2.16. The number of hydrogen-bond acceptors (Lipinski definition) is 4. The van der Waals surface area contributed by atoms with Crippen LogP contribution >= 0.6 is 0 Å². The zero-order valence-corrected chi connectivity index (χ0v) is 11.5. The summed E-state index contributed by atoms with van der Waals surface area (Å²) in [5, 5.41) is 6.58. The molecule has 2 aromatic rings. The first-order valence-corrected chi connectivity index (χ1v) is 6.33. The lowest BCUT2D eigenvalue weighted by Gasteiger charge is -2.11. The fourth-order valence-electron chi connectivity index (χ4n) is 1.93. The van der Waals surface area contributed by atoms with Crippen molar-refractivity contribution in [2.45, 2.75) is 13.8 Å². The first-order valence-electron chi connectivity index (χ1n) is 6.33. The molecule has 1 heterocycles. The van der Waals surface area contributed by atoms with Gasteiger partial charge in [-0.3, -0.25) is 4.98 Å². The summed E-state index contributed by atoms with van der Waals surface area (Å²) < 4.78 is 5.25. The maximum atomic E-state index is 5.25. The molecule has 0 aliphatic carbocycles. The molecule has 0 spiro atoms. The molecule has 1 aromatic carbocycles. The highest BCUT2D eigenvalue weighted by Crippen LogP contribution is 2.24. The van der Waals surface area contributed by atoms with E-state index in [0.717, 1.165) is 34.9 Å². The molecule has 0 atom stereocenters. The minimum absolute atomic E-state index is 0.882. The Hall–Kier alpha value is -2.23. The Morgan fingerprint density at radius 3 is 2.58 bits per heavy atom. The number of rotatable bonds is 5. The molecule has 1 aromatic heterocycles. The van der Waals surface area contributed by atoms with E-state index in [-0.39, 0.29) is 0 Å². The average molecular weight is 257 g/mol.